The predicted molar refractivity (Wildman–Crippen MR) is 125 cm³/mol. The standard InChI is InChI=1S/C26H25N5O2/c27-17-21(26-29-28-23-13-5-2-8-15-31(23)26)25(20-10-3-1-4-11-20)33-18-24(32)30-16-14-19-9-6-7-12-22(19)30/h1,3-4,6-7,9-12H,2,5,8,13-16,18H2/b25-21+. The molecule has 1 aromatic heterocycles. The summed E-state index contributed by atoms with van der Waals surface area (Å²) in [5, 5.41) is 18.8. The minimum atomic E-state index is -0.162. The fourth-order valence-electron chi connectivity index (χ4n) is 4.57. The minimum absolute atomic E-state index is 0.134. The molecule has 7 nitrogen and oxygen atoms in total. The molecule has 0 saturated carbocycles. The summed E-state index contributed by atoms with van der Waals surface area (Å²) in [6, 6.07) is 19.6. The zero-order valence-corrected chi connectivity index (χ0v) is 18.4. The molecule has 2 aliphatic rings. The minimum Gasteiger partial charge on any atom is -0.482 e. The number of fused-ring (bicyclic) bond motifs is 2. The summed E-state index contributed by atoms with van der Waals surface area (Å²) in [5.74, 6) is 1.63. The third-order valence-corrected chi connectivity index (χ3v) is 6.24. The summed E-state index contributed by atoms with van der Waals surface area (Å²) in [5.41, 5.74) is 3.12. The molecule has 0 atom stereocenters. The molecule has 3 aromatic rings. The maximum atomic E-state index is 13.1. The highest BCUT2D eigenvalue weighted by molar-refractivity contribution is 5.98. The number of anilines is 1. The highest BCUT2D eigenvalue weighted by Gasteiger charge is 2.27. The number of nitriles is 1. The number of allylic oxidation sites excluding steroid dienone is 1. The van der Waals surface area contributed by atoms with Gasteiger partial charge in [-0.2, -0.15) is 5.26 Å². The summed E-state index contributed by atoms with van der Waals surface area (Å²) in [6.45, 7) is 1.24. The van der Waals surface area contributed by atoms with E-state index in [1.165, 1.54) is 0 Å². The van der Waals surface area contributed by atoms with Gasteiger partial charge in [0.15, 0.2) is 12.4 Å². The van der Waals surface area contributed by atoms with Crippen LogP contribution in [0.25, 0.3) is 11.3 Å². The van der Waals surface area contributed by atoms with Gasteiger partial charge in [0.25, 0.3) is 5.91 Å². The van der Waals surface area contributed by atoms with Crippen molar-refractivity contribution in [2.24, 2.45) is 0 Å². The van der Waals surface area contributed by atoms with Crippen LogP contribution in [0.4, 0.5) is 5.69 Å². The van der Waals surface area contributed by atoms with Gasteiger partial charge < -0.3 is 14.2 Å². The third kappa shape index (κ3) is 4.12. The Balaban J connectivity index is 1.48. The van der Waals surface area contributed by atoms with Gasteiger partial charge in [0.05, 0.1) is 0 Å². The second-order valence-electron chi connectivity index (χ2n) is 8.30. The van der Waals surface area contributed by atoms with E-state index in [1.54, 1.807) is 4.90 Å². The molecule has 0 N–H and O–H groups in total. The Morgan fingerprint density at radius 2 is 1.79 bits per heavy atom. The molecule has 7 heteroatoms. The van der Waals surface area contributed by atoms with Gasteiger partial charge in [0.2, 0.25) is 0 Å². The number of para-hydroxylation sites is 1. The van der Waals surface area contributed by atoms with E-state index in [-0.39, 0.29) is 12.5 Å². The van der Waals surface area contributed by atoms with Crippen molar-refractivity contribution in [3.8, 4) is 6.07 Å². The maximum Gasteiger partial charge on any atom is 0.264 e. The SMILES string of the molecule is N#C/C(=C(\OCC(=O)N1CCc2ccccc21)c1ccccc1)c1nnc2n1CCCCC2. The summed E-state index contributed by atoms with van der Waals surface area (Å²) in [4.78, 5) is 14.8. The Bertz CT molecular complexity index is 1240. The Morgan fingerprint density at radius 3 is 2.64 bits per heavy atom. The van der Waals surface area contributed by atoms with E-state index in [1.807, 2.05) is 59.2 Å². The van der Waals surface area contributed by atoms with Crippen molar-refractivity contribution >= 4 is 22.9 Å². The number of benzene rings is 2. The Kier molecular flexibility index (Phi) is 5.90. The topological polar surface area (TPSA) is 84.0 Å². The molecule has 0 bridgehead atoms. The van der Waals surface area contributed by atoms with Crippen LogP contribution in [-0.2, 0) is 28.9 Å². The average Bonchev–Trinajstić information content (AvgIpc) is 3.39. The lowest BCUT2D eigenvalue weighted by Gasteiger charge is -2.19. The summed E-state index contributed by atoms with van der Waals surface area (Å²) < 4.78 is 8.13. The van der Waals surface area contributed by atoms with Crippen molar-refractivity contribution in [1.82, 2.24) is 14.8 Å². The average molecular weight is 440 g/mol. The fraction of sp³-hybridized carbons (Fsp3) is 0.308. The van der Waals surface area contributed by atoms with E-state index in [9.17, 15) is 10.1 Å². The molecule has 2 aromatic carbocycles. The number of hydrogen-bond donors (Lipinski definition) is 0. The number of aryl methyl sites for hydroxylation is 1. The van der Waals surface area contributed by atoms with Gasteiger partial charge in [-0.15, -0.1) is 10.2 Å². The first-order valence-corrected chi connectivity index (χ1v) is 11.4. The number of rotatable bonds is 5. The van der Waals surface area contributed by atoms with Gasteiger partial charge in [-0.3, -0.25) is 4.79 Å². The number of ether oxygens (including phenoxy) is 1. The molecule has 0 saturated heterocycles. The number of carbonyl (C=O) groups excluding carboxylic acids is 1. The number of nitrogens with zero attached hydrogens (tertiary/aromatic N) is 5. The molecule has 2 aliphatic heterocycles. The quantitative estimate of drug-likeness (QED) is 0.443. The van der Waals surface area contributed by atoms with Crippen LogP contribution in [0.5, 0.6) is 0 Å². The molecule has 0 unspecified atom stereocenters. The molecule has 33 heavy (non-hydrogen) atoms. The van der Waals surface area contributed by atoms with Gasteiger partial charge in [-0.1, -0.05) is 55.0 Å². The third-order valence-electron chi connectivity index (χ3n) is 6.24. The number of hydrogen-bond acceptors (Lipinski definition) is 5. The zero-order chi connectivity index (χ0) is 22.6. The van der Waals surface area contributed by atoms with Gasteiger partial charge in [-0.05, 0) is 30.9 Å². The second kappa shape index (κ2) is 9.29. The van der Waals surface area contributed by atoms with Gasteiger partial charge in [0, 0.05) is 30.8 Å². The summed E-state index contributed by atoms with van der Waals surface area (Å²) in [7, 11) is 0. The Morgan fingerprint density at radius 1 is 0.970 bits per heavy atom. The van der Waals surface area contributed by atoms with Gasteiger partial charge in [0.1, 0.15) is 23.2 Å². The summed E-state index contributed by atoms with van der Waals surface area (Å²) >= 11 is 0. The number of carbonyl (C=O) groups is 1. The van der Waals surface area contributed by atoms with Crippen molar-refractivity contribution in [3.63, 3.8) is 0 Å². The maximum absolute atomic E-state index is 13.1. The molecule has 5 rings (SSSR count). The summed E-state index contributed by atoms with van der Waals surface area (Å²) in [6.07, 6.45) is 4.89. The number of aromatic nitrogens is 3. The molecule has 1 amide bonds. The van der Waals surface area contributed by atoms with Crippen LogP contribution in [0.2, 0.25) is 0 Å². The zero-order valence-electron chi connectivity index (χ0n) is 18.4. The normalized spacial score (nSPS) is 15.7. The van der Waals surface area contributed by atoms with Gasteiger partial charge in [-0.25, -0.2) is 0 Å². The molecule has 0 radical (unpaired) electrons. The van der Waals surface area contributed by atoms with Crippen LogP contribution in [0.15, 0.2) is 54.6 Å². The van der Waals surface area contributed by atoms with Crippen LogP contribution in [-0.4, -0.2) is 33.8 Å². The lowest BCUT2D eigenvalue weighted by atomic mass is 10.1. The number of amides is 1. The Hall–Kier alpha value is -3.92. The van der Waals surface area contributed by atoms with Crippen molar-refractivity contribution in [2.75, 3.05) is 18.1 Å². The monoisotopic (exact) mass is 439 g/mol. The molecular formula is C26H25N5O2. The van der Waals surface area contributed by atoms with Crippen LogP contribution >= 0.6 is 0 Å². The molecule has 0 aliphatic carbocycles. The van der Waals surface area contributed by atoms with Crippen molar-refractivity contribution in [2.45, 2.75) is 38.6 Å². The Labute approximate surface area is 192 Å². The molecule has 166 valence electrons. The molecular weight excluding hydrogens is 414 g/mol. The van der Waals surface area contributed by atoms with Crippen LogP contribution in [0, 0.1) is 11.3 Å². The van der Waals surface area contributed by atoms with E-state index in [0.717, 1.165) is 61.3 Å². The first-order valence-electron chi connectivity index (χ1n) is 11.4. The van der Waals surface area contributed by atoms with Crippen LogP contribution in [0.1, 0.15) is 42.0 Å². The molecule has 0 spiro atoms. The second-order valence-corrected chi connectivity index (χ2v) is 8.30. The lowest BCUT2D eigenvalue weighted by molar-refractivity contribution is -0.121. The highest BCUT2D eigenvalue weighted by atomic mass is 16.5. The van der Waals surface area contributed by atoms with E-state index in [4.69, 9.17) is 4.74 Å². The van der Waals surface area contributed by atoms with Crippen molar-refractivity contribution in [3.05, 3.63) is 77.4 Å². The van der Waals surface area contributed by atoms with E-state index < -0.39 is 0 Å². The predicted octanol–water partition coefficient (Wildman–Crippen LogP) is 4.00. The fourth-order valence-corrected chi connectivity index (χ4v) is 4.57. The molecule has 3 heterocycles. The molecule has 0 fully saturated rings. The van der Waals surface area contributed by atoms with Gasteiger partial charge >= 0.3 is 0 Å². The van der Waals surface area contributed by atoms with Crippen molar-refractivity contribution in [1.29, 1.82) is 5.26 Å². The smallest absolute Gasteiger partial charge is 0.264 e. The van der Waals surface area contributed by atoms with E-state index >= 15 is 0 Å². The van der Waals surface area contributed by atoms with Crippen molar-refractivity contribution < 1.29 is 9.53 Å². The first kappa shape index (κ1) is 21.0. The van der Waals surface area contributed by atoms with Crippen LogP contribution in [0.3, 0.4) is 0 Å². The van der Waals surface area contributed by atoms with E-state index in [2.05, 4.69) is 16.3 Å². The van der Waals surface area contributed by atoms with E-state index in [0.29, 0.717) is 23.7 Å². The largest absolute Gasteiger partial charge is 0.482 e. The first-order chi connectivity index (χ1) is 16.3. The van der Waals surface area contributed by atoms with Crippen LogP contribution < -0.4 is 4.90 Å². The lowest BCUT2D eigenvalue weighted by Crippen LogP contribution is -2.32. The highest BCUT2D eigenvalue weighted by Crippen LogP contribution is 2.30.